The molecule has 3 heteroatoms. The first-order valence-corrected chi connectivity index (χ1v) is 7.27. The fourth-order valence-corrected chi connectivity index (χ4v) is 3.42. The number of hydrogen-bond donors (Lipinski definition) is 1. The van der Waals surface area contributed by atoms with Crippen molar-refractivity contribution in [1.82, 2.24) is 5.32 Å². The van der Waals surface area contributed by atoms with E-state index < -0.39 is 0 Å². The number of piperidine rings is 2. The van der Waals surface area contributed by atoms with Gasteiger partial charge >= 0.3 is 0 Å². The zero-order chi connectivity index (χ0) is 11.7. The van der Waals surface area contributed by atoms with E-state index >= 15 is 0 Å². The van der Waals surface area contributed by atoms with Crippen LogP contribution in [0.4, 0.5) is 0 Å². The molecule has 1 aromatic carbocycles. The van der Waals surface area contributed by atoms with Crippen LogP contribution >= 0.6 is 15.9 Å². The van der Waals surface area contributed by atoms with E-state index in [1.54, 1.807) is 0 Å². The van der Waals surface area contributed by atoms with Gasteiger partial charge in [0.1, 0.15) is 11.9 Å². The molecule has 92 valence electrons. The molecule has 0 unspecified atom stereocenters. The minimum absolute atomic E-state index is 0.390. The standard InChI is InChI=1S/C14H18BrNO/c15-10-3-1-6-13(7-10)17-14-8-11-4-2-5-12(9-14)16-11/h1,3,6-7,11-12,14,16H,2,4-5,8-9H2/t11-,12+,14-. The number of rotatable bonds is 2. The molecule has 3 atom stereocenters. The van der Waals surface area contributed by atoms with E-state index in [2.05, 4.69) is 27.3 Å². The molecule has 0 aliphatic carbocycles. The van der Waals surface area contributed by atoms with Crippen LogP contribution in [0.1, 0.15) is 32.1 Å². The Bertz CT molecular complexity index is 384. The molecule has 2 aliphatic heterocycles. The van der Waals surface area contributed by atoms with Gasteiger partial charge in [0.05, 0.1) is 0 Å². The van der Waals surface area contributed by atoms with Crippen molar-refractivity contribution in [3.63, 3.8) is 0 Å². The van der Waals surface area contributed by atoms with Crippen LogP contribution in [0.5, 0.6) is 5.75 Å². The summed E-state index contributed by atoms with van der Waals surface area (Å²) >= 11 is 3.48. The van der Waals surface area contributed by atoms with Gasteiger partial charge in [0.2, 0.25) is 0 Å². The highest BCUT2D eigenvalue weighted by atomic mass is 79.9. The Morgan fingerprint density at radius 3 is 2.65 bits per heavy atom. The zero-order valence-electron chi connectivity index (χ0n) is 9.86. The molecular weight excluding hydrogens is 278 g/mol. The van der Waals surface area contributed by atoms with E-state index in [-0.39, 0.29) is 0 Å². The Hall–Kier alpha value is -0.540. The van der Waals surface area contributed by atoms with Crippen LogP contribution in [-0.4, -0.2) is 18.2 Å². The van der Waals surface area contributed by atoms with Crippen LogP contribution in [0.3, 0.4) is 0 Å². The summed E-state index contributed by atoms with van der Waals surface area (Å²) in [5.74, 6) is 0.990. The van der Waals surface area contributed by atoms with Gasteiger partial charge in [-0.15, -0.1) is 0 Å². The van der Waals surface area contributed by atoms with Gasteiger partial charge in [-0.3, -0.25) is 0 Å². The lowest BCUT2D eigenvalue weighted by molar-refractivity contribution is 0.0927. The molecule has 0 spiro atoms. The van der Waals surface area contributed by atoms with E-state index in [4.69, 9.17) is 4.74 Å². The molecular formula is C14H18BrNO. The maximum absolute atomic E-state index is 6.10. The predicted octanol–water partition coefficient (Wildman–Crippen LogP) is 3.50. The van der Waals surface area contributed by atoms with Gasteiger partial charge in [-0.05, 0) is 43.9 Å². The number of nitrogens with one attached hydrogen (secondary N) is 1. The van der Waals surface area contributed by atoms with Crippen LogP contribution in [0.25, 0.3) is 0 Å². The molecule has 3 rings (SSSR count). The second kappa shape index (κ2) is 4.99. The Labute approximate surface area is 111 Å². The fraction of sp³-hybridized carbons (Fsp3) is 0.571. The molecule has 0 amide bonds. The van der Waals surface area contributed by atoms with Gasteiger partial charge in [0.25, 0.3) is 0 Å². The van der Waals surface area contributed by atoms with Crippen molar-refractivity contribution >= 4 is 15.9 Å². The minimum Gasteiger partial charge on any atom is -0.490 e. The number of fused-ring (bicyclic) bond motifs is 2. The number of ether oxygens (including phenoxy) is 1. The van der Waals surface area contributed by atoms with Crippen LogP contribution in [-0.2, 0) is 0 Å². The smallest absolute Gasteiger partial charge is 0.120 e. The predicted molar refractivity (Wildman–Crippen MR) is 72.4 cm³/mol. The third-order valence-corrected chi connectivity index (χ3v) is 4.26. The molecule has 2 saturated heterocycles. The Balaban J connectivity index is 1.65. The second-order valence-corrected chi connectivity index (χ2v) is 6.08. The monoisotopic (exact) mass is 295 g/mol. The van der Waals surface area contributed by atoms with Gasteiger partial charge < -0.3 is 10.1 Å². The van der Waals surface area contributed by atoms with Crippen LogP contribution in [0.2, 0.25) is 0 Å². The molecule has 2 heterocycles. The molecule has 0 radical (unpaired) electrons. The number of halogens is 1. The highest BCUT2D eigenvalue weighted by molar-refractivity contribution is 9.10. The van der Waals surface area contributed by atoms with E-state index in [1.807, 2.05) is 18.2 Å². The highest BCUT2D eigenvalue weighted by Crippen LogP contribution is 2.29. The molecule has 0 aromatic heterocycles. The highest BCUT2D eigenvalue weighted by Gasteiger charge is 2.32. The number of benzene rings is 1. The third kappa shape index (κ3) is 2.83. The fourth-order valence-electron chi connectivity index (χ4n) is 3.04. The maximum atomic E-state index is 6.10. The summed E-state index contributed by atoms with van der Waals surface area (Å²) in [6.07, 6.45) is 6.71. The summed E-state index contributed by atoms with van der Waals surface area (Å²) in [7, 11) is 0. The quantitative estimate of drug-likeness (QED) is 0.902. The lowest BCUT2D eigenvalue weighted by atomic mass is 9.85. The summed E-state index contributed by atoms with van der Waals surface area (Å²) in [5, 5.41) is 3.69. The molecule has 1 N–H and O–H groups in total. The first-order chi connectivity index (χ1) is 8.29. The molecule has 17 heavy (non-hydrogen) atoms. The summed E-state index contributed by atoms with van der Waals surface area (Å²) in [4.78, 5) is 0. The van der Waals surface area contributed by atoms with Gasteiger partial charge in [-0.1, -0.05) is 28.4 Å². The topological polar surface area (TPSA) is 21.3 Å². The van der Waals surface area contributed by atoms with Crippen molar-refractivity contribution in [3.8, 4) is 5.75 Å². The van der Waals surface area contributed by atoms with Crippen molar-refractivity contribution in [2.75, 3.05) is 0 Å². The third-order valence-electron chi connectivity index (χ3n) is 3.77. The molecule has 2 fully saturated rings. The zero-order valence-corrected chi connectivity index (χ0v) is 11.4. The molecule has 2 aliphatic rings. The first kappa shape index (κ1) is 11.5. The average Bonchev–Trinajstić information content (AvgIpc) is 2.28. The van der Waals surface area contributed by atoms with Gasteiger partial charge in [-0.25, -0.2) is 0 Å². The second-order valence-electron chi connectivity index (χ2n) is 5.16. The lowest BCUT2D eigenvalue weighted by Gasteiger charge is -2.40. The van der Waals surface area contributed by atoms with Crippen molar-refractivity contribution in [2.45, 2.75) is 50.3 Å². The lowest BCUT2D eigenvalue weighted by Crippen LogP contribution is -2.51. The van der Waals surface area contributed by atoms with E-state index in [0.717, 1.165) is 23.1 Å². The number of hydrogen-bond acceptors (Lipinski definition) is 2. The maximum Gasteiger partial charge on any atom is 0.120 e. The van der Waals surface area contributed by atoms with E-state index in [1.165, 1.54) is 19.3 Å². The van der Waals surface area contributed by atoms with E-state index in [0.29, 0.717) is 18.2 Å². The van der Waals surface area contributed by atoms with Crippen LogP contribution in [0.15, 0.2) is 28.7 Å². The average molecular weight is 296 g/mol. The molecule has 2 bridgehead atoms. The van der Waals surface area contributed by atoms with Crippen LogP contribution in [0, 0.1) is 0 Å². The Morgan fingerprint density at radius 2 is 1.94 bits per heavy atom. The van der Waals surface area contributed by atoms with Gasteiger partial charge in [0.15, 0.2) is 0 Å². The van der Waals surface area contributed by atoms with E-state index in [9.17, 15) is 0 Å². The summed E-state index contributed by atoms with van der Waals surface area (Å²) in [5.41, 5.74) is 0. The van der Waals surface area contributed by atoms with Crippen molar-refractivity contribution in [2.24, 2.45) is 0 Å². The van der Waals surface area contributed by atoms with Crippen molar-refractivity contribution < 1.29 is 4.74 Å². The summed E-state index contributed by atoms with van der Waals surface area (Å²) in [6.45, 7) is 0. The molecule has 0 saturated carbocycles. The van der Waals surface area contributed by atoms with Crippen molar-refractivity contribution in [3.05, 3.63) is 28.7 Å². The van der Waals surface area contributed by atoms with Gasteiger partial charge in [0, 0.05) is 16.6 Å². The van der Waals surface area contributed by atoms with Crippen molar-refractivity contribution in [1.29, 1.82) is 0 Å². The molecule has 2 nitrogen and oxygen atoms in total. The minimum atomic E-state index is 0.390. The Kier molecular flexibility index (Phi) is 3.39. The molecule has 1 aromatic rings. The largest absolute Gasteiger partial charge is 0.490 e. The summed E-state index contributed by atoms with van der Waals surface area (Å²) < 4.78 is 7.19. The van der Waals surface area contributed by atoms with Gasteiger partial charge in [-0.2, -0.15) is 0 Å². The van der Waals surface area contributed by atoms with Crippen LogP contribution < -0.4 is 10.1 Å². The summed E-state index contributed by atoms with van der Waals surface area (Å²) in [6, 6.07) is 9.52. The normalized spacial score (nSPS) is 32.2. The Morgan fingerprint density at radius 1 is 1.18 bits per heavy atom. The first-order valence-electron chi connectivity index (χ1n) is 6.48. The SMILES string of the molecule is Brc1cccc(O[C@@H]2C[C@H]3CCC[C@@H](C2)N3)c1.